The first-order valence-electron chi connectivity index (χ1n) is 5.48. The molecule has 0 aliphatic carbocycles. The Morgan fingerprint density at radius 1 is 1.37 bits per heavy atom. The molecule has 0 aromatic heterocycles. The van der Waals surface area contributed by atoms with Gasteiger partial charge in [0.25, 0.3) is 0 Å². The van der Waals surface area contributed by atoms with E-state index in [9.17, 15) is 28.2 Å². The third-order valence-corrected chi connectivity index (χ3v) is 2.64. The Kier molecular flexibility index (Phi) is 5.04. The van der Waals surface area contributed by atoms with Crippen molar-refractivity contribution < 1.29 is 28.2 Å². The molecule has 0 fully saturated rings. The number of aldehydes is 1. The molecule has 4 nitrogen and oxygen atoms in total. The van der Waals surface area contributed by atoms with Crippen LogP contribution in [0.4, 0.5) is 13.2 Å². The predicted octanol–water partition coefficient (Wildman–Crippen LogP) is 1.13. The normalized spacial score (nSPS) is 15.1. The quantitative estimate of drug-likeness (QED) is 0.706. The fraction of sp³-hybridized carbons (Fsp3) is 0.417. The zero-order chi connectivity index (χ0) is 14.6. The van der Waals surface area contributed by atoms with E-state index in [4.69, 9.17) is 0 Å². The Balaban J connectivity index is 3.12. The van der Waals surface area contributed by atoms with Crippen LogP contribution in [0.1, 0.15) is 27.6 Å². The van der Waals surface area contributed by atoms with Crippen LogP contribution in [0.3, 0.4) is 0 Å². The Morgan fingerprint density at radius 2 is 2.00 bits per heavy atom. The van der Waals surface area contributed by atoms with Crippen LogP contribution in [0.2, 0.25) is 0 Å². The fourth-order valence-electron chi connectivity index (χ4n) is 1.65. The second kappa shape index (κ2) is 6.14. The number of alkyl halides is 3. The molecule has 7 heteroatoms. The lowest BCUT2D eigenvalue weighted by Gasteiger charge is -2.20. The third-order valence-electron chi connectivity index (χ3n) is 2.64. The molecule has 2 unspecified atom stereocenters. The summed E-state index contributed by atoms with van der Waals surface area (Å²) < 4.78 is 37.4. The van der Waals surface area contributed by atoms with Gasteiger partial charge in [-0.15, -0.1) is 0 Å². The number of hydrogen-bond acceptors (Lipinski definition) is 4. The second-order valence-electron chi connectivity index (χ2n) is 4.03. The van der Waals surface area contributed by atoms with E-state index < -0.39 is 23.9 Å². The summed E-state index contributed by atoms with van der Waals surface area (Å²) in [7, 11) is 1.54. The number of benzene rings is 1. The molecule has 0 heterocycles. The van der Waals surface area contributed by atoms with Crippen molar-refractivity contribution in [2.24, 2.45) is 0 Å². The van der Waals surface area contributed by atoms with Gasteiger partial charge in [-0.1, -0.05) is 6.07 Å². The van der Waals surface area contributed by atoms with Crippen LogP contribution < -0.4 is 5.32 Å². The van der Waals surface area contributed by atoms with Gasteiger partial charge in [0.2, 0.25) is 0 Å². The van der Waals surface area contributed by atoms with E-state index in [0.717, 1.165) is 12.1 Å². The van der Waals surface area contributed by atoms with E-state index in [-0.39, 0.29) is 24.0 Å². The number of likely N-dealkylation sites (N-methyl/N-ethyl adjacent to an activating group) is 1. The standard InChI is InChI=1S/C12H14F3NO3/c1-16-5-10(18)11(19)9-3-2-8(12(13,14)15)4-7(9)6-17/h2-4,6,10-11,16,18-19H,5H2,1H3. The molecule has 0 aliphatic heterocycles. The molecule has 0 spiro atoms. The zero-order valence-corrected chi connectivity index (χ0v) is 10.1. The Labute approximate surface area is 107 Å². The maximum Gasteiger partial charge on any atom is 0.416 e. The van der Waals surface area contributed by atoms with Crippen LogP contribution in [0.15, 0.2) is 18.2 Å². The van der Waals surface area contributed by atoms with Crippen molar-refractivity contribution in [2.45, 2.75) is 18.4 Å². The number of aliphatic hydroxyl groups excluding tert-OH is 2. The van der Waals surface area contributed by atoms with Gasteiger partial charge in [-0.3, -0.25) is 4.79 Å². The molecular weight excluding hydrogens is 263 g/mol. The number of carbonyl (C=O) groups is 1. The summed E-state index contributed by atoms with van der Waals surface area (Å²) in [6.45, 7) is 0.0421. The van der Waals surface area contributed by atoms with E-state index in [1.807, 2.05) is 0 Å². The highest BCUT2D eigenvalue weighted by Gasteiger charge is 2.32. The summed E-state index contributed by atoms with van der Waals surface area (Å²) >= 11 is 0. The smallest absolute Gasteiger partial charge is 0.389 e. The number of hydrogen-bond donors (Lipinski definition) is 3. The van der Waals surface area contributed by atoms with Gasteiger partial charge in [-0.05, 0) is 24.7 Å². The molecular formula is C12H14F3NO3. The fourth-order valence-corrected chi connectivity index (χ4v) is 1.65. The molecule has 2 atom stereocenters. The first-order chi connectivity index (χ1) is 8.81. The van der Waals surface area contributed by atoms with Gasteiger partial charge in [-0.2, -0.15) is 13.2 Å². The number of aliphatic hydroxyl groups is 2. The lowest BCUT2D eigenvalue weighted by Crippen LogP contribution is -2.30. The highest BCUT2D eigenvalue weighted by atomic mass is 19.4. The zero-order valence-electron chi connectivity index (χ0n) is 10.1. The second-order valence-corrected chi connectivity index (χ2v) is 4.03. The van der Waals surface area contributed by atoms with Crippen molar-refractivity contribution in [2.75, 3.05) is 13.6 Å². The van der Waals surface area contributed by atoms with Crippen molar-refractivity contribution in [3.8, 4) is 0 Å². The van der Waals surface area contributed by atoms with Crippen LogP contribution in [0.25, 0.3) is 0 Å². The highest BCUT2D eigenvalue weighted by molar-refractivity contribution is 5.78. The summed E-state index contributed by atoms with van der Waals surface area (Å²) in [6.07, 6.45) is -7.00. The molecule has 106 valence electrons. The molecule has 0 aliphatic rings. The largest absolute Gasteiger partial charge is 0.416 e. The van der Waals surface area contributed by atoms with E-state index in [0.29, 0.717) is 6.07 Å². The maximum atomic E-state index is 12.5. The lowest BCUT2D eigenvalue weighted by molar-refractivity contribution is -0.137. The van der Waals surface area contributed by atoms with Gasteiger partial charge in [-0.25, -0.2) is 0 Å². The molecule has 3 N–H and O–H groups in total. The molecule has 0 bridgehead atoms. The monoisotopic (exact) mass is 277 g/mol. The van der Waals surface area contributed by atoms with Crippen LogP contribution in [-0.2, 0) is 6.18 Å². The van der Waals surface area contributed by atoms with Crippen molar-refractivity contribution in [3.63, 3.8) is 0 Å². The summed E-state index contributed by atoms with van der Waals surface area (Å²) in [5.41, 5.74) is -1.31. The molecule has 1 aromatic carbocycles. The predicted molar refractivity (Wildman–Crippen MR) is 61.7 cm³/mol. The summed E-state index contributed by atoms with van der Waals surface area (Å²) in [6, 6.07) is 2.41. The Bertz CT molecular complexity index is 448. The van der Waals surface area contributed by atoms with E-state index in [1.54, 1.807) is 7.05 Å². The van der Waals surface area contributed by atoms with Crippen LogP contribution >= 0.6 is 0 Å². The van der Waals surface area contributed by atoms with Gasteiger partial charge in [0.05, 0.1) is 11.7 Å². The van der Waals surface area contributed by atoms with Gasteiger partial charge in [0.15, 0.2) is 0 Å². The average Bonchev–Trinajstić information content (AvgIpc) is 2.36. The molecule has 0 amide bonds. The topological polar surface area (TPSA) is 69.6 Å². The molecule has 1 rings (SSSR count). The lowest BCUT2D eigenvalue weighted by atomic mass is 9.97. The molecule has 0 saturated heterocycles. The first-order valence-corrected chi connectivity index (χ1v) is 5.48. The minimum atomic E-state index is -4.56. The van der Waals surface area contributed by atoms with Gasteiger partial charge in [0.1, 0.15) is 12.4 Å². The van der Waals surface area contributed by atoms with Crippen molar-refractivity contribution in [1.29, 1.82) is 0 Å². The SMILES string of the molecule is CNCC(O)C(O)c1ccc(C(F)(F)F)cc1C=O. The van der Waals surface area contributed by atoms with Crippen molar-refractivity contribution in [3.05, 3.63) is 34.9 Å². The summed E-state index contributed by atoms with van der Waals surface area (Å²) in [4.78, 5) is 10.8. The molecule has 0 radical (unpaired) electrons. The van der Waals surface area contributed by atoms with Crippen LogP contribution in [-0.4, -0.2) is 36.2 Å². The van der Waals surface area contributed by atoms with Crippen LogP contribution in [0, 0.1) is 0 Å². The maximum absolute atomic E-state index is 12.5. The van der Waals surface area contributed by atoms with Gasteiger partial charge < -0.3 is 15.5 Å². The van der Waals surface area contributed by atoms with E-state index in [2.05, 4.69) is 5.32 Å². The number of rotatable bonds is 5. The third kappa shape index (κ3) is 3.76. The van der Waals surface area contributed by atoms with E-state index in [1.165, 1.54) is 0 Å². The Hall–Kier alpha value is -1.44. The Morgan fingerprint density at radius 3 is 2.47 bits per heavy atom. The minimum absolute atomic E-state index is 0.0363. The summed E-state index contributed by atoms with van der Waals surface area (Å²) in [5, 5.41) is 22.0. The molecule has 19 heavy (non-hydrogen) atoms. The molecule has 1 aromatic rings. The molecule has 0 saturated carbocycles. The summed E-state index contributed by atoms with van der Waals surface area (Å²) in [5.74, 6) is 0. The van der Waals surface area contributed by atoms with E-state index >= 15 is 0 Å². The average molecular weight is 277 g/mol. The van der Waals surface area contributed by atoms with Crippen molar-refractivity contribution in [1.82, 2.24) is 5.32 Å². The first kappa shape index (κ1) is 15.6. The van der Waals surface area contributed by atoms with Crippen LogP contribution in [0.5, 0.6) is 0 Å². The number of carbonyl (C=O) groups excluding carboxylic acids is 1. The number of nitrogens with one attached hydrogen (secondary N) is 1. The minimum Gasteiger partial charge on any atom is -0.389 e. The van der Waals surface area contributed by atoms with Gasteiger partial charge >= 0.3 is 6.18 Å². The van der Waals surface area contributed by atoms with Crippen molar-refractivity contribution >= 4 is 6.29 Å². The number of halogens is 3. The van der Waals surface area contributed by atoms with Gasteiger partial charge in [0, 0.05) is 12.1 Å². The highest BCUT2D eigenvalue weighted by Crippen LogP contribution is 2.32.